The van der Waals surface area contributed by atoms with Gasteiger partial charge in [-0.15, -0.1) is 0 Å². The molecule has 2 aliphatic rings. The highest BCUT2D eigenvalue weighted by Gasteiger charge is 2.38. The summed E-state index contributed by atoms with van der Waals surface area (Å²) in [6.45, 7) is 0. The van der Waals surface area contributed by atoms with Crippen LogP contribution in [0.1, 0.15) is 25.7 Å². The number of benzene rings is 1. The molecule has 1 heterocycles. The van der Waals surface area contributed by atoms with E-state index in [-0.39, 0.29) is 17.2 Å². The van der Waals surface area contributed by atoms with Crippen LogP contribution >= 0.6 is 12.2 Å². The van der Waals surface area contributed by atoms with Crippen molar-refractivity contribution in [3.8, 4) is 5.75 Å². The second-order valence-electron chi connectivity index (χ2n) is 6.55. The maximum absolute atomic E-state index is 12.9. The van der Waals surface area contributed by atoms with Gasteiger partial charge in [0.25, 0.3) is 5.91 Å². The van der Waals surface area contributed by atoms with Crippen LogP contribution in [0.2, 0.25) is 0 Å². The fourth-order valence-electron chi connectivity index (χ4n) is 3.28. The number of ether oxygens (including phenoxy) is 1. The molecule has 0 spiro atoms. The average molecular weight is 375 g/mol. The van der Waals surface area contributed by atoms with Gasteiger partial charge in [0.05, 0.1) is 12.8 Å². The predicted octanol–water partition coefficient (Wildman–Crippen LogP) is 0.683. The van der Waals surface area contributed by atoms with E-state index < -0.39 is 17.7 Å². The zero-order valence-electron chi connectivity index (χ0n) is 14.7. The lowest BCUT2D eigenvalue weighted by Gasteiger charge is -2.31. The van der Waals surface area contributed by atoms with Crippen LogP contribution in [0.3, 0.4) is 0 Å². The molecule has 2 fully saturated rings. The average Bonchev–Trinajstić information content (AvgIpc) is 2.63. The Morgan fingerprint density at radius 2 is 1.96 bits per heavy atom. The van der Waals surface area contributed by atoms with Gasteiger partial charge in [-0.2, -0.15) is 0 Å². The highest BCUT2D eigenvalue weighted by atomic mass is 32.1. The minimum absolute atomic E-state index is 0.0627. The minimum atomic E-state index is -0.988. The van der Waals surface area contributed by atoms with E-state index in [1.165, 1.54) is 11.1 Å². The molecule has 1 aliphatic heterocycles. The quantitative estimate of drug-likeness (QED) is 0.459. The van der Waals surface area contributed by atoms with Crippen LogP contribution in [0.5, 0.6) is 5.75 Å². The van der Waals surface area contributed by atoms with Gasteiger partial charge < -0.3 is 15.8 Å². The highest BCUT2D eigenvalue weighted by molar-refractivity contribution is 7.80. The van der Waals surface area contributed by atoms with E-state index in [1.807, 2.05) is 0 Å². The number of nitrogens with one attached hydrogen (secondary N) is 1. The maximum Gasteiger partial charge on any atom is 0.251 e. The van der Waals surface area contributed by atoms with Gasteiger partial charge in [-0.1, -0.05) is 6.42 Å². The summed E-state index contributed by atoms with van der Waals surface area (Å²) in [5.74, 6) is -1.16. The highest BCUT2D eigenvalue weighted by Crippen LogP contribution is 2.24. The number of hydrogen-bond acceptors (Lipinski definition) is 5. The fraction of sp³-hybridized carbons (Fsp3) is 0.444. The van der Waals surface area contributed by atoms with E-state index in [1.54, 1.807) is 31.4 Å². The van der Waals surface area contributed by atoms with Crippen molar-refractivity contribution in [3.05, 3.63) is 24.3 Å². The van der Waals surface area contributed by atoms with E-state index in [0.29, 0.717) is 11.4 Å². The number of methoxy groups -OCH3 is 1. The molecule has 4 N–H and O–H groups in total. The van der Waals surface area contributed by atoms with Gasteiger partial charge in [-0.05, 0) is 49.3 Å². The molecular weight excluding hydrogens is 352 g/mol. The summed E-state index contributed by atoms with van der Waals surface area (Å²) in [5.41, 5.74) is 4.71. The summed E-state index contributed by atoms with van der Waals surface area (Å²) in [4.78, 5) is 31.0. The Balaban J connectivity index is 1.80. The van der Waals surface area contributed by atoms with Gasteiger partial charge in [-0.3, -0.25) is 19.5 Å². The number of rotatable bonds is 4. The molecule has 0 bridgehead atoms. The summed E-state index contributed by atoms with van der Waals surface area (Å²) < 4.78 is 5.13. The van der Waals surface area contributed by atoms with Crippen LogP contribution in [0.15, 0.2) is 29.3 Å². The molecule has 26 heavy (non-hydrogen) atoms. The molecule has 1 saturated carbocycles. The molecule has 0 unspecified atom stereocenters. The SMILES string of the molecule is COc1ccc(N2C(=O)[C@H](C=N[C@@H]3CCCC[C@H]3[NH3+])C(=O)NC2=S)cc1. The Morgan fingerprint density at radius 1 is 1.27 bits per heavy atom. The van der Waals surface area contributed by atoms with Crippen molar-refractivity contribution in [2.45, 2.75) is 37.8 Å². The number of amides is 2. The molecule has 0 aromatic heterocycles. The normalized spacial score (nSPS) is 26.9. The van der Waals surface area contributed by atoms with Crippen LogP contribution in [-0.2, 0) is 9.59 Å². The Bertz CT molecular complexity index is 734. The first-order valence-corrected chi connectivity index (χ1v) is 9.11. The molecule has 7 nitrogen and oxygen atoms in total. The minimum Gasteiger partial charge on any atom is -0.497 e. The molecule has 138 valence electrons. The van der Waals surface area contributed by atoms with Crippen molar-refractivity contribution >= 4 is 41.0 Å². The lowest BCUT2D eigenvalue weighted by atomic mass is 9.91. The van der Waals surface area contributed by atoms with Crippen LogP contribution < -0.4 is 20.7 Å². The van der Waals surface area contributed by atoms with Crippen LogP contribution in [0, 0.1) is 5.92 Å². The van der Waals surface area contributed by atoms with Gasteiger partial charge in [-0.25, -0.2) is 0 Å². The number of quaternary nitrogens is 1. The van der Waals surface area contributed by atoms with Crippen molar-refractivity contribution in [2.75, 3.05) is 12.0 Å². The number of carbonyl (C=O) groups excluding carboxylic acids is 2. The third kappa shape index (κ3) is 3.76. The zero-order chi connectivity index (χ0) is 18.7. The number of thiocarbonyl (C=S) groups is 1. The summed E-state index contributed by atoms with van der Waals surface area (Å²) >= 11 is 5.19. The molecule has 8 heteroatoms. The molecule has 1 saturated heterocycles. The largest absolute Gasteiger partial charge is 0.497 e. The van der Waals surface area contributed by atoms with Crippen LogP contribution in [-0.4, -0.2) is 42.3 Å². The zero-order valence-corrected chi connectivity index (χ0v) is 15.5. The van der Waals surface area contributed by atoms with Crippen LogP contribution in [0.4, 0.5) is 5.69 Å². The predicted molar refractivity (Wildman–Crippen MR) is 102 cm³/mol. The van der Waals surface area contributed by atoms with E-state index in [2.05, 4.69) is 16.0 Å². The second kappa shape index (κ2) is 7.92. The summed E-state index contributed by atoms with van der Waals surface area (Å²) in [7, 11) is 1.57. The maximum atomic E-state index is 12.9. The van der Waals surface area contributed by atoms with E-state index in [0.717, 1.165) is 25.7 Å². The van der Waals surface area contributed by atoms with Crippen molar-refractivity contribution in [3.63, 3.8) is 0 Å². The first-order chi connectivity index (χ1) is 12.5. The number of anilines is 1. The lowest BCUT2D eigenvalue weighted by Crippen LogP contribution is -2.66. The molecule has 0 radical (unpaired) electrons. The van der Waals surface area contributed by atoms with Gasteiger partial charge in [0.2, 0.25) is 5.91 Å². The Hall–Kier alpha value is -2.32. The monoisotopic (exact) mass is 375 g/mol. The fourth-order valence-corrected chi connectivity index (χ4v) is 3.57. The Morgan fingerprint density at radius 3 is 2.62 bits per heavy atom. The molecule has 3 rings (SSSR count). The third-order valence-electron chi connectivity index (χ3n) is 4.83. The van der Waals surface area contributed by atoms with E-state index >= 15 is 0 Å². The summed E-state index contributed by atoms with van der Waals surface area (Å²) in [6.07, 6.45) is 5.68. The Labute approximate surface area is 157 Å². The smallest absolute Gasteiger partial charge is 0.251 e. The van der Waals surface area contributed by atoms with Gasteiger partial charge in [0, 0.05) is 12.6 Å². The number of nitrogens with zero attached hydrogens (tertiary/aromatic N) is 2. The number of hydrogen-bond donors (Lipinski definition) is 2. The number of aliphatic imine (C=N–C) groups is 1. The molecule has 1 aliphatic carbocycles. The second-order valence-corrected chi connectivity index (χ2v) is 6.94. The van der Waals surface area contributed by atoms with Crippen molar-refractivity contribution < 1.29 is 20.1 Å². The summed E-state index contributed by atoms with van der Waals surface area (Å²) in [6, 6.07) is 7.21. The molecule has 3 atom stereocenters. The third-order valence-corrected chi connectivity index (χ3v) is 5.11. The Kier molecular flexibility index (Phi) is 5.63. The van der Waals surface area contributed by atoms with Crippen molar-refractivity contribution in [1.82, 2.24) is 5.32 Å². The van der Waals surface area contributed by atoms with Gasteiger partial charge in [0.15, 0.2) is 11.0 Å². The number of carbonyl (C=O) groups is 2. The molecular formula is C18H23N4O3S+. The molecule has 1 aromatic carbocycles. The first-order valence-electron chi connectivity index (χ1n) is 8.70. The van der Waals surface area contributed by atoms with E-state index in [9.17, 15) is 9.59 Å². The van der Waals surface area contributed by atoms with Crippen molar-refractivity contribution in [1.29, 1.82) is 0 Å². The molecule has 1 aromatic rings. The van der Waals surface area contributed by atoms with Crippen molar-refractivity contribution in [2.24, 2.45) is 10.9 Å². The van der Waals surface area contributed by atoms with E-state index in [4.69, 9.17) is 17.0 Å². The van der Waals surface area contributed by atoms with Gasteiger partial charge >= 0.3 is 0 Å². The van der Waals surface area contributed by atoms with Crippen LogP contribution in [0.25, 0.3) is 0 Å². The van der Waals surface area contributed by atoms with Gasteiger partial charge in [0.1, 0.15) is 17.8 Å². The lowest BCUT2D eigenvalue weighted by molar-refractivity contribution is -0.428. The molecule has 2 amide bonds. The standard InChI is InChI=1S/C18H22N4O3S/c1-25-12-8-6-11(7-9-12)22-17(24)13(16(23)21-18(22)26)10-20-15-5-3-2-4-14(15)19/h6-10,13-15H,2-5,19H2,1H3,(H,21,23,26)/p+1/t13-,14-,15-/m1/s1. The summed E-state index contributed by atoms with van der Waals surface area (Å²) in [5, 5.41) is 2.67. The first kappa shape index (κ1) is 18.5. The topological polar surface area (TPSA) is 98.6 Å².